The number of ether oxygens (including phenoxy) is 2. The summed E-state index contributed by atoms with van der Waals surface area (Å²) in [6.45, 7) is 5.27. The van der Waals surface area contributed by atoms with Crippen LogP contribution in [-0.2, 0) is 4.74 Å². The normalized spacial score (nSPS) is 16.4. The zero-order valence-corrected chi connectivity index (χ0v) is 17.9. The number of aryl methyl sites for hydroxylation is 2. The molecule has 1 saturated heterocycles. The Labute approximate surface area is 178 Å². The van der Waals surface area contributed by atoms with E-state index < -0.39 is 0 Å². The molecule has 0 bridgehead atoms. The molecule has 1 amide bonds. The minimum atomic E-state index is -0.301. The van der Waals surface area contributed by atoms with Crippen molar-refractivity contribution in [2.45, 2.75) is 20.0 Å². The molecule has 2 aromatic heterocycles. The van der Waals surface area contributed by atoms with Gasteiger partial charge in [-0.15, -0.1) is 10.2 Å². The number of benzene rings is 1. The zero-order valence-electron chi connectivity index (χ0n) is 17.1. The van der Waals surface area contributed by atoms with Gasteiger partial charge in [-0.05, 0) is 44.2 Å². The number of nitrogens with zero attached hydrogens (tertiary/aromatic N) is 4. The van der Waals surface area contributed by atoms with Crippen molar-refractivity contribution < 1.29 is 14.3 Å². The van der Waals surface area contributed by atoms with Gasteiger partial charge in [-0.2, -0.15) is 0 Å². The summed E-state index contributed by atoms with van der Waals surface area (Å²) in [6, 6.07) is 11.1. The van der Waals surface area contributed by atoms with Crippen molar-refractivity contribution in [3.8, 4) is 5.75 Å². The second kappa shape index (κ2) is 8.76. The molecule has 1 unspecified atom stereocenters. The van der Waals surface area contributed by atoms with Gasteiger partial charge in [0.2, 0.25) is 5.13 Å². The van der Waals surface area contributed by atoms with Crippen LogP contribution in [0.15, 0.2) is 36.4 Å². The lowest BCUT2D eigenvalue weighted by Gasteiger charge is -2.33. The summed E-state index contributed by atoms with van der Waals surface area (Å²) in [4.78, 5) is 19.4. The number of anilines is 2. The molecule has 156 valence electrons. The summed E-state index contributed by atoms with van der Waals surface area (Å²) in [5, 5.41) is 13.0. The van der Waals surface area contributed by atoms with Crippen molar-refractivity contribution in [2.24, 2.45) is 0 Å². The number of methoxy groups -OCH3 is 1. The average molecular weight is 426 g/mol. The van der Waals surface area contributed by atoms with E-state index in [1.807, 2.05) is 38.1 Å². The molecular weight excluding hydrogens is 402 g/mol. The maximum atomic E-state index is 13.0. The van der Waals surface area contributed by atoms with Gasteiger partial charge in [-0.1, -0.05) is 17.4 Å². The Bertz CT molecular complexity index is 1050. The monoisotopic (exact) mass is 425 g/mol. The van der Waals surface area contributed by atoms with Gasteiger partial charge in [-0.3, -0.25) is 9.78 Å². The van der Waals surface area contributed by atoms with E-state index in [0.29, 0.717) is 31.0 Å². The van der Waals surface area contributed by atoms with E-state index in [-0.39, 0.29) is 12.0 Å². The second-order valence-corrected chi connectivity index (χ2v) is 8.20. The number of carbonyl (C=O) groups excluding carboxylic acids is 1. The van der Waals surface area contributed by atoms with Gasteiger partial charge in [0, 0.05) is 23.5 Å². The maximum absolute atomic E-state index is 13.0. The molecule has 3 aromatic rings. The first-order valence-electron chi connectivity index (χ1n) is 9.62. The van der Waals surface area contributed by atoms with Crippen LogP contribution in [0.4, 0.5) is 10.8 Å². The fourth-order valence-corrected chi connectivity index (χ4v) is 3.97. The highest BCUT2D eigenvalue weighted by Gasteiger charge is 2.27. The molecular formula is C21H23N5O3S. The van der Waals surface area contributed by atoms with E-state index >= 15 is 0 Å². The lowest BCUT2D eigenvalue weighted by atomic mass is 10.1. The Balaban J connectivity index is 1.52. The Morgan fingerprint density at radius 3 is 2.90 bits per heavy atom. The second-order valence-electron chi connectivity index (χ2n) is 7.02. The number of amides is 1. The fraction of sp³-hybridized carbons (Fsp3) is 0.333. The van der Waals surface area contributed by atoms with Crippen molar-refractivity contribution in [3.05, 3.63) is 58.4 Å². The van der Waals surface area contributed by atoms with Gasteiger partial charge >= 0.3 is 0 Å². The van der Waals surface area contributed by atoms with Gasteiger partial charge < -0.3 is 19.7 Å². The van der Waals surface area contributed by atoms with E-state index in [2.05, 4.69) is 20.5 Å². The largest absolute Gasteiger partial charge is 0.497 e. The molecule has 1 aliphatic heterocycles. The molecule has 1 atom stereocenters. The minimum absolute atomic E-state index is 0.0439. The molecule has 1 N–H and O–H groups in total. The number of pyridine rings is 1. The van der Waals surface area contributed by atoms with Gasteiger partial charge in [0.25, 0.3) is 5.91 Å². The molecule has 0 spiro atoms. The predicted octanol–water partition coefficient (Wildman–Crippen LogP) is 3.52. The molecule has 9 heteroatoms. The molecule has 0 aliphatic carbocycles. The highest BCUT2D eigenvalue weighted by atomic mass is 32.1. The van der Waals surface area contributed by atoms with Crippen molar-refractivity contribution >= 4 is 28.1 Å². The fourth-order valence-electron chi connectivity index (χ4n) is 3.35. The Morgan fingerprint density at radius 1 is 1.27 bits per heavy atom. The molecule has 8 nitrogen and oxygen atoms in total. The maximum Gasteiger partial charge on any atom is 0.254 e. The molecule has 1 fully saturated rings. The molecule has 1 aliphatic rings. The van der Waals surface area contributed by atoms with E-state index in [9.17, 15) is 4.79 Å². The van der Waals surface area contributed by atoms with Crippen molar-refractivity contribution in [3.63, 3.8) is 0 Å². The first-order valence-corrected chi connectivity index (χ1v) is 10.4. The Kier molecular flexibility index (Phi) is 5.91. The van der Waals surface area contributed by atoms with E-state index in [1.165, 1.54) is 11.3 Å². The van der Waals surface area contributed by atoms with Crippen molar-refractivity contribution in [1.82, 2.24) is 20.1 Å². The summed E-state index contributed by atoms with van der Waals surface area (Å²) in [5.74, 6) is 0.617. The molecule has 0 saturated carbocycles. The highest BCUT2D eigenvalue weighted by Crippen LogP contribution is 2.27. The van der Waals surface area contributed by atoms with Crippen molar-refractivity contribution in [2.75, 3.05) is 32.1 Å². The predicted molar refractivity (Wildman–Crippen MR) is 114 cm³/mol. The molecule has 1 aromatic carbocycles. The van der Waals surface area contributed by atoms with Gasteiger partial charge in [-0.25, -0.2) is 0 Å². The summed E-state index contributed by atoms with van der Waals surface area (Å²) in [5.41, 5.74) is 3.10. The highest BCUT2D eigenvalue weighted by molar-refractivity contribution is 7.15. The molecule has 30 heavy (non-hydrogen) atoms. The van der Waals surface area contributed by atoms with Gasteiger partial charge in [0.1, 0.15) is 16.9 Å². The lowest BCUT2D eigenvalue weighted by molar-refractivity contribution is -0.0247. The first-order chi connectivity index (χ1) is 14.5. The van der Waals surface area contributed by atoms with Crippen LogP contribution in [0.2, 0.25) is 0 Å². The smallest absolute Gasteiger partial charge is 0.254 e. The van der Waals surface area contributed by atoms with Gasteiger partial charge in [0.15, 0.2) is 0 Å². The van der Waals surface area contributed by atoms with Crippen LogP contribution in [0.1, 0.15) is 32.9 Å². The summed E-state index contributed by atoms with van der Waals surface area (Å²) < 4.78 is 11.2. The topological polar surface area (TPSA) is 89.5 Å². The van der Waals surface area contributed by atoms with E-state index in [4.69, 9.17) is 9.47 Å². The summed E-state index contributed by atoms with van der Waals surface area (Å²) >= 11 is 1.49. The quantitative estimate of drug-likeness (QED) is 0.669. The average Bonchev–Trinajstić information content (AvgIpc) is 3.17. The zero-order chi connectivity index (χ0) is 21.1. The van der Waals surface area contributed by atoms with E-state index in [1.54, 1.807) is 24.1 Å². The number of hydrogen-bond acceptors (Lipinski definition) is 8. The Morgan fingerprint density at radius 2 is 2.13 bits per heavy atom. The van der Waals surface area contributed by atoms with Crippen LogP contribution in [0.25, 0.3) is 0 Å². The molecule has 0 radical (unpaired) electrons. The molecule has 3 heterocycles. The van der Waals surface area contributed by atoms with Crippen LogP contribution in [0.3, 0.4) is 0 Å². The lowest BCUT2D eigenvalue weighted by Crippen LogP contribution is -2.42. The minimum Gasteiger partial charge on any atom is -0.497 e. The van der Waals surface area contributed by atoms with Crippen LogP contribution in [0, 0.1) is 13.8 Å². The first kappa shape index (κ1) is 20.2. The van der Waals surface area contributed by atoms with E-state index in [0.717, 1.165) is 27.2 Å². The summed E-state index contributed by atoms with van der Waals surface area (Å²) in [7, 11) is 1.59. The number of morpholine rings is 1. The van der Waals surface area contributed by atoms with Gasteiger partial charge in [0.05, 0.1) is 26.0 Å². The van der Waals surface area contributed by atoms with Crippen LogP contribution in [-0.4, -0.2) is 52.8 Å². The SMILES string of the molecule is COc1cccc(C(=O)N2CCOC(c3cc(Nc4nnc(C)s4)cc(C)n3)C2)c1. The number of rotatable bonds is 5. The van der Waals surface area contributed by atoms with Crippen LogP contribution < -0.4 is 10.1 Å². The number of nitrogens with one attached hydrogen (secondary N) is 1. The third-order valence-electron chi connectivity index (χ3n) is 4.75. The van der Waals surface area contributed by atoms with Crippen LogP contribution in [0.5, 0.6) is 5.75 Å². The number of hydrogen-bond donors (Lipinski definition) is 1. The number of carbonyl (C=O) groups is 1. The summed E-state index contributed by atoms with van der Waals surface area (Å²) in [6.07, 6.45) is -0.301. The third kappa shape index (κ3) is 4.58. The standard InChI is InChI=1S/C21H23N5O3S/c1-13-9-16(23-21-25-24-14(2)30-21)11-18(22-13)19-12-26(7-8-29-19)20(27)15-5-4-6-17(10-15)28-3/h4-6,9-11,19H,7-8,12H2,1-3H3,(H,22,23,25). The molecule has 4 rings (SSSR count). The van der Waals surface area contributed by atoms with Crippen molar-refractivity contribution in [1.29, 1.82) is 0 Å². The number of aromatic nitrogens is 3. The van der Waals surface area contributed by atoms with Crippen LogP contribution >= 0.6 is 11.3 Å². The Hall–Kier alpha value is -3.04. The third-order valence-corrected chi connectivity index (χ3v) is 5.50.